The van der Waals surface area contributed by atoms with Crippen molar-refractivity contribution in [3.8, 4) is 0 Å². The molecule has 0 aliphatic carbocycles. The smallest absolute Gasteiger partial charge is 0.251 e. The first-order valence-electron chi connectivity index (χ1n) is 6.15. The summed E-state index contributed by atoms with van der Waals surface area (Å²) in [6.45, 7) is 4.97. The van der Waals surface area contributed by atoms with Gasteiger partial charge in [0.25, 0.3) is 5.91 Å². The summed E-state index contributed by atoms with van der Waals surface area (Å²) in [6.07, 6.45) is 0.713. The van der Waals surface area contributed by atoms with Crippen LogP contribution in [0.4, 0.5) is 0 Å². The Morgan fingerprint density at radius 2 is 1.94 bits per heavy atom. The minimum atomic E-state index is -0.0719. The number of carbonyl (C=O) groups excluding carboxylic acids is 1. The van der Waals surface area contributed by atoms with E-state index in [1.807, 2.05) is 32.0 Å². The van der Waals surface area contributed by atoms with Gasteiger partial charge in [-0.2, -0.15) is 0 Å². The van der Waals surface area contributed by atoms with Gasteiger partial charge in [0.05, 0.1) is 12.6 Å². The van der Waals surface area contributed by atoms with Crippen LogP contribution in [0.1, 0.15) is 27.9 Å². The van der Waals surface area contributed by atoms with Gasteiger partial charge in [0, 0.05) is 12.7 Å². The van der Waals surface area contributed by atoms with Gasteiger partial charge >= 0.3 is 0 Å². The molecule has 0 aliphatic rings. The summed E-state index contributed by atoms with van der Waals surface area (Å²) in [5, 5.41) is 2.95. The number of benzene rings is 1. The normalized spacial score (nSPS) is 12.2. The maximum atomic E-state index is 12.1. The van der Waals surface area contributed by atoms with E-state index in [2.05, 4.69) is 5.32 Å². The van der Waals surface area contributed by atoms with Crippen molar-refractivity contribution in [1.82, 2.24) is 5.32 Å². The Morgan fingerprint density at radius 1 is 1.33 bits per heavy atom. The van der Waals surface area contributed by atoms with Crippen molar-refractivity contribution < 1.29 is 9.53 Å². The second-order valence-electron chi connectivity index (χ2n) is 4.58. The molecule has 1 unspecified atom stereocenters. The highest BCUT2D eigenvalue weighted by Crippen LogP contribution is 2.09. The summed E-state index contributed by atoms with van der Waals surface area (Å²) < 4.78 is 5.07. The van der Waals surface area contributed by atoms with Crippen molar-refractivity contribution in [3.05, 3.63) is 34.9 Å². The Kier molecular flexibility index (Phi) is 5.82. The van der Waals surface area contributed by atoms with Gasteiger partial charge in [-0.3, -0.25) is 4.79 Å². The number of hydrogen-bond donors (Lipinski definition) is 2. The highest BCUT2D eigenvalue weighted by atomic mass is 16.5. The average Bonchev–Trinajstić information content (AvgIpc) is 2.28. The second kappa shape index (κ2) is 7.13. The lowest BCUT2D eigenvalue weighted by Crippen LogP contribution is -2.39. The molecule has 0 aliphatic heterocycles. The van der Waals surface area contributed by atoms with Gasteiger partial charge in [-0.1, -0.05) is 17.2 Å². The quantitative estimate of drug-likeness (QED) is 0.802. The first-order chi connectivity index (χ1) is 8.56. The monoisotopic (exact) mass is 250 g/mol. The van der Waals surface area contributed by atoms with Crippen LogP contribution in [-0.2, 0) is 4.74 Å². The average molecular weight is 250 g/mol. The zero-order valence-electron chi connectivity index (χ0n) is 11.3. The zero-order valence-corrected chi connectivity index (χ0v) is 11.3. The number of methoxy groups -OCH3 is 1. The van der Waals surface area contributed by atoms with Crippen molar-refractivity contribution >= 4 is 5.91 Å². The summed E-state index contributed by atoms with van der Waals surface area (Å²) >= 11 is 0. The number of rotatable bonds is 6. The largest absolute Gasteiger partial charge is 0.383 e. The molecule has 1 amide bonds. The van der Waals surface area contributed by atoms with E-state index >= 15 is 0 Å². The van der Waals surface area contributed by atoms with Crippen LogP contribution in [0.15, 0.2) is 18.2 Å². The van der Waals surface area contributed by atoms with Crippen LogP contribution in [0.25, 0.3) is 0 Å². The summed E-state index contributed by atoms with van der Waals surface area (Å²) in [5.41, 5.74) is 8.37. The number of carbonyl (C=O) groups is 1. The fourth-order valence-electron chi connectivity index (χ4n) is 1.97. The highest BCUT2D eigenvalue weighted by molar-refractivity contribution is 5.94. The predicted octanol–water partition coefficient (Wildman–Crippen LogP) is 1.40. The third-order valence-corrected chi connectivity index (χ3v) is 2.70. The second-order valence-corrected chi connectivity index (χ2v) is 4.58. The summed E-state index contributed by atoms with van der Waals surface area (Å²) in [4.78, 5) is 12.1. The minimum Gasteiger partial charge on any atom is -0.383 e. The van der Waals surface area contributed by atoms with Crippen molar-refractivity contribution in [2.24, 2.45) is 5.73 Å². The molecule has 18 heavy (non-hydrogen) atoms. The molecule has 0 spiro atoms. The highest BCUT2D eigenvalue weighted by Gasteiger charge is 2.13. The molecule has 1 atom stereocenters. The molecular weight excluding hydrogens is 228 g/mol. The van der Waals surface area contributed by atoms with Gasteiger partial charge < -0.3 is 15.8 Å². The van der Waals surface area contributed by atoms with Crippen LogP contribution in [0.5, 0.6) is 0 Å². The summed E-state index contributed by atoms with van der Waals surface area (Å²) in [5.74, 6) is -0.0719. The standard InChI is InChI=1S/C14H22N2O2/c1-10-6-11(2)8-12(7-10)14(17)16-13(4-5-15)9-18-3/h6-8,13H,4-5,9,15H2,1-3H3,(H,16,17). The molecule has 1 aromatic carbocycles. The predicted molar refractivity (Wildman–Crippen MR) is 72.7 cm³/mol. The van der Waals surface area contributed by atoms with Crippen LogP contribution >= 0.6 is 0 Å². The molecule has 0 saturated carbocycles. The van der Waals surface area contributed by atoms with Gasteiger partial charge in [-0.25, -0.2) is 0 Å². The Morgan fingerprint density at radius 3 is 2.44 bits per heavy atom. The fourth-order valence-corrected chi connectivity index (χ4v) is 1.97. The number of ether oxygens (including phenoxy) is 1. The van der Waals surface area contributed by atoms with Gasteiger partial charge in [0.2, 0.25) is 0 Å². The molecule has 0 saturated heterocycles. The lowest BCUT2D eigenvalue weighted by atomic mass is 10.1. The molecule has 4 heteroatoms. The van der Waals surface area contributed by atoms with Crippen molar-refractivity contribution in [2.75, 3.05) is 20.3 Å². The molecule has 100 valence electrons. The van der Waals surface area contributed by atoms with E-state index in [4.69, 9.17) is 10.5 Å². The number of amides is 1. The first kappa shape index (κ1) is 14.7. The van der Waals surface area contributed by atoms with Crippen LogP contribution in [-0.4, -0.2) is 32.2 Å². The van der Waals surface area contributed by atoms with E-state index in [0.717, 1.165) is 11.1 Å². The topological polar surface area (TPSA) is 64.3 Å². The van der Waals surface area contributed by atoms with Gasteiger partial charge in [-0.05, 0) is 38.9 Å². The van der Waals surface area contributed by atoms with Crippen LogP contribution in [0, 0.1) is 13.8 Å². The summed E-state index contributed by atoms with van der Waals surface area (Å²) in [7, 11) is 1.62. The van der Waals surface area contributed by atoms with E-state index in [9.17, 15) is 4.79 Å². The third kappa shape index (κ3) is 4.47. The zero-order chi connectivity index (χ0) is 13.5. The molecule has 0 heterocycles. The van der Waals surface area contributed by atoms with Gasteiger partial charge in [0.15, 0.2) is 0 Å². The van der Waals surface area contributed by atoms with E-state index in [1.165, 1.54) is 0 Å². The molecule has 1 aromatic rings. The van der Waals surface area contributed by atoms with Gasteiger partial charge in [0.1, 0.15) is 0 Å². The van der Waals surface area contributed by atoms with E-state index in [-0.39, 0.29) is 11.9 Å². The Bertz CT molecular complexity index is 379. The van der Waals surface area contributed by atoms with Crippen molar-refractivity contribution in [2.45, 2.75) is 26.3 Å². The minimum absolute atomic E-state index is 0.0340. The van der Waals surface area contributed by atoms with E-state index in [1.54, 1.807) is 7.11 Å². The molecule has 3 N–H and O–H groups in total. The number of aryl methyl sites for hydroxylation is 2. The Labute approximate surface area is 109 Å². The number of hydrogen-bond acceptors (Lipinski definition) is 3. The number of nitrogens with one attached hydrogen (secondary N) is 1. The molecule has 0 radical (unpaired) electrons. The van der Waals surface area contributed by atoms with E-state index in [0.29, 0.717) is 25.1 Å². The lowest BCUT2D eigenvalue weighted by Gasteiger charge is -2.17. The molecular formula is C14H22N2O2. The van der Waals surface area contributed by atoms with Crippen LogP contribution in [0.3, 0.4) is 0 Å². The molecule has 4 nitrogen and oxygen atoms in total. The van der Waals surface area contributed by atoms with Crippen molar-refractivity contribution in [3.63, 3.8) is 0 Å². The number of nitrogens with two attached hydrogens (primary N) is 1. The molecule has 0 bridgehead atoms. The SMILES string of the molecule is COCC(CCN)NC(=O)c1cc(C)cc(C)c1. The molecule has 0 aromatic heterocycles. The lowest BCUT2D eigenvalue weighted by molar-refractivity contribution is 0.0893. The van der Waals surface area contributed by atoms with Crippen molar-refractivity contribution in [1.29, 1.82) is 0 Å². The van der Waals surface area contributed by atoms with E-state index < -0.39 is 0 Å². The fraction of sp³-hybridized carbons (Fsp3) is 0.500. The molecule has 0 fully saturated rings. The first-order valence-corrected chi connectivity index (χ1v) is 6.15. The van der Waals surface area contributed by atoms with Crippen LogP contribution in [0.2, 0.25) is 0 Å². The Balaban J connectivity index is 2.73. The van der Waals surface area contributed by atoms with Gasteiger partial charge in [-0.15, -0.1) is 0 Å². The maximum absolute atomic E-state index is 12.1. The maximum Gasteiger partial charge on any atom is 0.251 e. The Hall–Kier alpha value is -1.39. The molecule has 1 rings (SSSR count). The van der Waals surface area contributed by atoms with Crippen LogP contribution < -0.4 is 11.1 Å². The summed E-state index contributed by atoms with van der Waals surface area (Å²) in [6, 6.07) is 5.78. The third-order valence-electron chi connectivity index (χ3n) is 2.70.